The highest BCUT2D eigenvalue weighted by atomic mass is 19.1. The molecule has 2 aromatic carbocycles. The largest absolute Gasteiger partial charge is 0.344 e. The number of rotatable bonds is 8. The van der Waals surface area contributed by atoms with E-state index in [1.165, 1.54) is 6.07 Å². The van der Waals surface area contributed by atoms with Crippen LogP contribution in [0.1, 0.15) is 51.4 Å². The number of hydrogen-bond donors (Lipinski definition) is 1. The summed E-state index contributed by atoms with van der Waals surface area (Å²) >= 11 is 0. The summed E-state index contributed by atoms with van der Waals surface area (Å²) in [6.45, 7) is 9.35. The molecule has 0 aliphatic rings. The van der Waals surface area contributed by atoms with E-state index in [0.717, 1.165) is 23.4 Å². The van der Waals surface area contributed by atoms with Gasteiger partial charge in [-0.05, 0) is 48.2 Å². The normalized spacial score (nSPS) is 12.6. The van der Waals surface area contributed by atoms with Crippen LogP contribution < -0.4 is 5.73 Å². The molecule has 0 aliphatic heterocycles. The van der Waals surface area contributed by atoms with Gasteiger partial charge in [-0.25, -0.2) is 8.78 Å². The Bertz CT molecular complexity index is 1090. The lowest BCUT2D eigenvalue weighted by atomic mass is 9.83. The van der Waals surface area contributed by atoms with Crippen LogP contribution >= 0.6 is 0 Å². The van der Waals surface area contributed by atoms with Gasteiger partial charge in [-0.2, -0.15) is 0 Å². The molecular weight excluding hydrogens is 420 g/mol. The SMILES string of the molecule is CC(=O)N(CCCN)[C@@H](c1cc(-c2cc(F)ccc2F)cn1Cc1ccccc1)C(C)(C)C. The molecule has 1 aromatic heterocycles. The van der Waals surface area contributed by atoms with Crippen LogP contribution in [-0.2, 0) is 11.3 Å². The van der Waals surface area contributed by atoms with E-state index in [-0.39, 0.29) is 22.9 Å². The third-order valence-electron chi connectivity index (χ3n) is 5.78. The summed E-state index contributed by atoms with van der Waals surface area (Å²) < 4.78 is 30.7. The Morgan fingerprint density at radius 2 is 1.79 bits per heavy atom. The lowest BCUT2D eigenvalue weighted by molar-refractivity contribution is -0.134. The van der Waals surface area contributed by atoms with E-state index in [4.69, 9.17) is 5.73 Å². The van der Waals surface area contributed by atoms with Crippen molar-refractivity contribution in [3.63, 3.8) is 0 Å². The fourth-order valence-electron chi connectivity index (χ4n) is 4.34. The zero-order valence-electron chi connectivity index (χ0n) is 19.8. The minimum Gasteiger partial charge on any atom is -0.344 e. The first kappa shape index (κ1) is 24.6. The van der Waals surface area contributed by atoms with E-state index in [2.05, 4.69) is 20.8 Å². The summed E-state index contributed by atoms with van der Waals surface area (Å²) in [5.74, 6) is -1.03. The van der Waals surface area contributed by atoms with E-state index in [1.807, 2.05) is 52.1 Å². The van der Waals surface area contributed by atoms with Crippen molar-refractivity contribution < 1.29 is 13.6 Å². The molecule has 0 fully saturated rings. The predicted octanol–water partition coefficient (Wildman–Crippen LogP) is 5.77. The Kier molecular flexibility index (Phi) is 7.69. The molecule has 0 spiro atoms. The van der Waals surface area contributed by atoms with Crippen LogP contribution in [0.15, 0.2) is 60.8 Å². The lowest BCUT2D eigenvalue weighted by Gasteiger charge is -2.40. The van der Waals surface area contributed by atoms with Gasteiger partial charge in [0.1, 0.15) is 11.6 Å². The highest BCUT2D eigenvalue weighted by molar-refractivity contribution is 5.74. The van der Waals surface area contributed by atoms with Gasteiger partial charge in [0.2, 0.25) is 5.91 Å². The van der Waals surface area contributed by atoms with Crippen molar-refractivity contribution in [3.8, 4) is 11.1 Å². The number of nitrogens with two attached hydrogens (primary N) is 1. The van der Waals surface area contributed by atoms with Gasteiger partial charge >= 0.3 is 0 Å². The molecule has 3 rings (SSSR count). The van der Waals surface area contributed by atoms with E-state index in [1.54, 1.807) is 6.92 Å². The Hall–Kier alpha value is -2.99. The average molecular weight is 454 g/mol. The maximum absolute atomic E-state index is 14.7. The number of halogens is 2. The van der Waals surface area contributed by atoms with Crippen LogP contribution in [0.2, 0.25) is 0 Å². The molecule has 2 N–H and O–H groups in total. The summed E-state index contributed by atoms with van der Waals surface area (Å²) in [6.07, 6.45) is 2.52. The van der Waals surface area contributed by atoms with E-state index >= 15 is 0 Å². The first-order valence-electron chi connectivity index (χ1n) is 11.3. The Morgan fingerprint density at radius 3 is 2.39 bits per heavy atom. The molecule has 0 radical (unpaired) electrons. The van der Waals surface area contributed by atoms with Gasteiger partial charge in [0.15, 0.2) is 0 Å². The summed E-state index contributed by atoms with van der Waals surface area (Å²) in [7, 11) is 0. The van der Waals surface area contributed by atoms with Gasteiger partial charge in [0.05, 0.1) is 6.04 Å². The zero-order chi connectivity index (χ0) is 24.2. The van der Waals surface area contributed by atoms with Crippen LogP contribution in [-0.4, -0.2) is 28.5 Å². The summed E-state index contributed by atoms with van der Waals surface area (Å²) in [5, 5.41) is 0. The molecule has 0 bridgehead atoms. The second kappa shape index (κ2) is 10.3. The minimum absolute atomic E-state index is 0.0469. The van der Waals surface area contributed by atoms with E-state index in [9.17, 15) is 13.6 Å². The first-order valence-corrected chi connectivity index (χ1v) is 11.3. The molecule has 0 unspecified atom stereocenters. The van der Waals surface area contributed by atoms with Crippen LogP contribution in [0, 0.1) is 17.0 Å². The van der Waals surface area contributed by atoms with Gasteiger partial charge in [0.25, 0.3) is 0 Å². The zero-order valence-corrected chi connectivity index (χ0v) is 19.8. The molecular formula is C27H33F2N3O. The fraction of sp³-hybridized carbons (Fsp3) is 0.370. The minimum atomic E-state index is -0.496. The van der Waals surface area contributed by atoms with Gasteiger partial charge in [-0.3, -0.25) is 4.79 Å². The number of nitrogens with zero attached hydrogens (tertiary/aromatic N) is 2. The van der Waals surface area contributed by atoms with Gasteiger partial charge in [0, 0.05) is 43.0 Å². The molecule has 6 heteroatoms. The Labute approximate surface area is 195 Å². The maximum atomic E-state index is 14.7. The smallest absolute Gasteiger partial charge is 0.220 e. The predicted molar refractivity (Wildman–Crippen MR) is 129 cm³/mol. The molecule has 33 heavy (non-hydrogen) atoms. The molecule has 0 aliphatic carbocycles. The number of aromatic nitrogens is 1. The standard InChI is InChI=1S/C27H33F2N3O/c1-19(33)32(14-8-13-30)26(27(2,3)4)25-15-21(23-16-22(28)11-12-24(23)29)18-31(25)17-20-9-6-5-7-10-20/h5-7,9-12,15-16,18,26H,8,13-14,17,30H2,1-4H3/t26-/m0/s1. The molecule has 4 nitrogen and oxygen atoms in total. The second-order valence-corrected chi connectivity index (χ2v) is 9.51. The number of amides is 1. The van der Waals surface area contributed by atoms with Crippen LogP contribution in [0.5, 0.6) is 0 Å². The van der Waals surface area contributed by atoms with Gasteiger partial charge in [-0.15, -0.1) is 0 Å². The fourth-order valence-corrected chi connectivity index (χ4v) is 4.34. The molecule has 176 valence electrons. The van der Waals surface area contributed by atoms with Crippen LogP contribution in [0.3, 0.4) is 0 Å². The van der Waals surface area contributed by atoms with Gasteiger partial charge in [-0.1, -0.05) is 51.1 Å². The monoisotopic (exact) mass is 453 g/mol. The molecule has 1 heterocycles. The first-order chi connectivity index (χ1) is 15.6. The summed E-state index contributed by atoms with van der Waals surface area (Å²) in [4.78, 5) is 14.6. The number of carbonyl (C=O) groups excluding carboxylic acids is 1. The maximum Gasteiger partial charge on any atom is 0.220 e. The van der Waals surface area contributed by atoms with Crippen molar-refractivity contribution in [3.05, 3.63) is 83.7 Å². The van der Waals surface area contributed by atoms with Gasteiger partial charge < -0.3 is 15.2 Å². The lowest BCUT2D eigenvalue weighted by Crippen LogP contribution is -2.42. The molecule has 1 atom stereocenters. The van der Waals surface area contributed by atoms with E-state index in [0.29, 0.717) is 31.6 Å². The summed E-state index contributed by atoms with van der Waals surface area (Å²) in [5.41, 5.74) is 8.16. The van der Waals surface area contributed by atoms with Crippen molar-refractivity contribution in [2.75, 3.05) is 13.1 Å². The number of hydrogen-bond acceptors (Lipinski definition) is 2. The van der Waals surface area contributed by atoms with Crippen molar-refractivity contribution in [2.45, 2.75) is 46.7 Å². The number of carbonyl (C=O) groups is 1. The van der Waals surface area contributed by atoms with Crippen molar-refractivity contribution >= 4 is 5.91 Å². The summed E-state index contributed by atoms with van der Waals surface area (Å²) in [6, 6.07) is 15.0. The van der Waals surface area contributed by atoms with Crippen LogP contribution in [0.25, 0.3) is 11.1 Å². The Morgan fingerprint density at radius 1 is 1.09 bits per heavy atom. The molecule has 3 aromatic rings. The number of benzene rings is 2. The third kappa shape index (κ3) is 5.88. The second-order valence-electron chi connectivity index (χ2n) is 9.51. The van der Waals surface area contributed by atoms with Crippen LogP contribution in [0.4, 0.5) is 8.78 Å². The van der Waals surface area contributed by atoms with Crippen molar-refractivity contribution in [2.24, 2.45) is 11.1 Å². The highest BCUT2D eigenvalue weighted by Gasteiger charge is 2.36. The Balaban J connectivity index is 2.19. The third-order valence-corrected chi connectivity index (χ3v) is 5.78. The highest BCUT2D eigenvalue weighted by Crippen LogP contribution is 2.41. The molecule has 1 amide bonds. The van der Waals surface area contributed by atoms with Crippen molar-refractivity contribution in [1.29, 1.82) is 0 Å². The molecule has 0 saturated heterocycles. The average Bonchev–Trinajstić information content (AvgIpc) is 3.15. The van der Waals surface area contributed by atoms with Crippen molar-refractivity contribution in [1.82, 2.24) is 9.47 Å². The van der Waals surface area contributed by atoms with E-state index < -0.39 is 11.6 Å². The quantitative estimate of drug-likeness (QED) is 0.471. The topological polar surface area (TPSA) is 51.3 Å². The molecule has 0 saturated carbocycles.